The second-order valence-corrected chi connectivity index (χ2v) is 7.20. The lowest BCUT2D eigenvalue weighted by Crippen LogP contribution is -2.49. The number of piperidine rings is 1. The third kappa shape index (κ3) is 4.94. The predicted octanol–water partition coefficient (Wildman–Crippen LogP) is 3.11. The van der Waals surface area contributed by atoms with Crippen molar-refractivity contribution in [1.29, 1.82) is 0 Å². The molecule has 0 radical (unpaired) electrons. The van der Waals surface area contributed by atoms with Crippen molar-refractivity contribution in [2.45, 2.75) is 57.5 Å². The maximum Gasteiger partial charge on any atom is 0.191 e. The van der Waals surface area contributed by atoms with Gasteiger partial charge in [-0.1, -0.05) is 25.1 Å². The molecule has 1 aliphatic heterocycles. The van der Waals surface area contributed by atoms with Crippen molar-refractivity contribution < 1.29 is 4.39 Å². The van der Waals surface area contributed by atoms with Crippen molar-refractivity contribution in [2.75, 3.05) is 26.2 Å². The van der Waals surface area contributed by atoms with E-state index in [9.17, 15) is 4.39 Å². The Balaban J connectivity index is 1.50. The van der Waals surface area contributed by atoms with Gasteiger partial charge in [0.2, 0.25) is 0 Å². The van der Waals surface area contributed by atoms with Crippen LogP contribution in [0.15, 0.2) is 29.3 Å². The van der Waals surface area contributed by atoms with Crippen LogP contribution in [0.5, 0.6) is 0 Å². The minimum Gasteiger partial charge on any atom is -0.354 e. The zero-order chi connectivity index (χ0) is 17.6. The van der Waals surface area contributed by atoms with Crippen molar-refractivity contribution in [3.63, 3.8) is 0 Å². The summed E-state index contributed by atoms with van der Waals surface area (Å²) in [5, 5.41) is 7.11. The lowest BCUT2D eigenvalue weighted by atomic mass is 10.1. The van der Waals surface area contributed by atoms with E-state index in [1.54, 1.807) is 12.1 Å². The van der Waals surface area contributed by atoms with E-state index < -0.39 is 0 Å². The molecule has 138 valence electrons. The fourth-order valence-electron chi connectivity index (χ4n) is 3.75. The first-order valence-electron chi connectivity index (χ1n) is 9.75. The van der Waals surface area contributed by atoms with Crippen molar-refractivity contribution in [3.8, 4) is 0 Å². The van der Waals surface area contributed by atoms with Gasteiger partial charge < -0.3 is 15.5 Å². The van der Waals surface area contributed by atoms with Gasteiger partial charge in [-0.2, -0.15) is 0 Å². The zero-order valence-corrected chi connectivity index (χ0v) is 15.5. The summed E-state index contributed by atoms with van der Waals surface area (Å²) >= 11 is 0. The molecular formula is C20H31FN4. The number of rotatable bonds is 6. The van der Waals surface area contributed by atoms with Crippen LogP contribution in [0.1, 0.15) is 51.0 Å². The molecular weight excluding hydrogens is 315 g/mol. The molecule has 5 heteroatoms. The van der Waals surface area contributed by atoms with E-state index in [-0.39, 0.29) is 17.8 Å². The lowest BCUT2D eigenvalue weighted by molar-refractivity contribution is 0.206. The molecule has 1 aromatic rings. The van der Waals surface area contributed by atoms with Gasteiger partial charge in [0.05, 0.1) is 0 Å². The van der Waals surface area contributed by atoms with Crippen LogP contribution < -0.4 is 10.6 Å². The fraction of sp³-hybridized carbons (Fsp3) is 0.650. The first kappa shape index (κ1) is 18.2. The highest BCUT2D eigenvalue weighted by molar-refractivity contribution is 5.81. The summed E-state index contributed by atoms with van der Waals surface area (Å²) in [6.45, 7) is 8.56. The Kier molecular flexibility index (Phi) is 6.29. The number of nitrogens with one attached hydrogen (secondary N) is 2. The first-order chi connectivity index (χ1) is 12.2. The number of likely N-dealkylation sites (tertiary alicyclic amines) is 1. The Hall–Kier alpha value is -1.62. The number of halogens is 1. The molecule has 2 atom stereocenters. The van der Waals surface area contributed by atoms with Gasteiger partial charge in [-0.05, 0) is 50.8 Å². The Labute approximate surface area is 150 Å². The Bertz CT molecular complexity index is 581. The predicted molar refractivity (Wildman–Crippen MR) is 102 cm³/mol. The number of hydrogen-bond donors (Lipinski definition) is 2. The summed E-state index contributed by atoms with van der Waals surface area (Å²) in [6, 6.07) is 7.88. The van der Waals surface area contributed by atoms with Crippen LogP contribution in [-0.2, 0) is 0 Å². The van der Waals surface area contributed by atoms with E-state index >= 15 is 0 Å². The van der Waals surface area contributed by atoms with Gasteiger partial charge in [0, 0.05) is 37.6 Å². The van der Waals surface area contributed by atoms with E-state index in [0.717, 1.165) is 50.4 Å². The second-order valence-electron chi connectivity index (χ2n) is 7.20. The molecule has 0 bridgehead atoms. The number of aliphatic imine (C=N–C) groups is 1. The minimum absolute atomic E-state index is 0.0953. The average molecular weight is 346 g/mol. The number of nitrogens with zero attached hydrogens (tertiary/aromatic N) is 2. The van der Waals surface area contributed by atoms with Gasteiger partial charge in [0.1, 0.15) is 5.82 Å². The summed E-state index contributed by atoms with van der Waals surface area (Å²) < 4.78 is 13.9. The van der Waals surface area contributed by atoms with Crippen LogP contribution in [-0.4, -0.2) is 49.1 Å². The molecule has 25 heavy (non-hydrogen) atoms. The van der Waals surface area contributed by atoms with Crippen molar-refractivity contribution in [3.05, 3.63) is 35.6 Å². The van der Waals surface area contributed by atoms with E-state index in [1.165, 1.54) is 13.0 Å². The summed E-state index contributed by atoms with van der Waals surface area (Å²) in [4.78, 5) is 7.13. The highest BCUT2D eigenvalue weighted by Crippen LogP contribution is 2.41. The summed E-state index contributed by atoms with van der Waals surface area (Å²) in [5.41, 5.74) is 0.823. The van der Waals surface area contributed by atoms with Crippen molar-refractivity contribution in [1.82, 2.24) is 15.5 Å². The lowest BCUT2D eigenvalue weighted by Gasteiger charge is -2.33. The Morgan fingerprint density at radius 2 is 1.96 bits per heavy atom. The molecule has 1 aliphatic carbocycles. The largest absolute Gasteiger partial charge is 0.354 e. The maximum atomic E-state index is 13.9. The topological polar surface area (TPSA) is 39.7 Å². The summed E-state index contributed by atoms with van der Waals surface area (Å²) in [5.74, 6) is 1.05. The smallest absolute Gasteiger partial charge is 0.191 e. The molecule has 1 heterocycles. The molecule has 4 nitrogen and oxygen atoms in total. The molecule has 2 N–H and O–H groups in total. The number of hydrogen-bond acceptors (Lipinski definition) is 2. The van der Waals surface area contributed by atoms with Gasteiger partial charge in [0.15, 0.2) is 5.96 Å². The third-order valence-electron chi connectivity index (χ3n) is 5.20. The molecule has 3 rings (SSSR count). The number of benzene rings is 1. The quantitative estimate of drug-likeness (QED) is 0.614. The molecule has 0 spiro atoms. The zero-order valence-electron chi connectivity index (χ0n) is 15.5. The van der Waals surface area contributed by atoms with Crippen molar-refractivity contribution >= 4 is 5.96 Å². The van der Waals surface area contributed by atoms with Gasteiger partial charge in [-0.15, -0.1) is 0 Å². The molecule has 0 aromatic heterocycles. The van der Waals surface area contributed by atoms with E-state index in [4.69, 9.17) is 0 Å². The molecule has 0 amide bonds. The summed E-state index contributed by atoms with van der Waals surface area (Å²) in [7, 11) is 0. The molecule has 2 fully saturated rings. The third-order valence-corrected chi connectivity index (χ3v) is 5.20. The van der Waals surface area contributed by atoms with E-state index in [0.29, 0.717) is 6.04 Å². The molecule has 2 unspecified atom stereocenters. The van der Waals surface area contributed by atoms with Crippen molar-refractivity contribution in [2.24, 2.45) is 4.99 Å². The second kappa shape index (κ2) is 8.65. The molecule has 1 aromatic carbocycles. The Morgan fingerprint density at radius 3 is 2.64 bits per heavy atom. The highest BCUT2D eigenvalue weighted by atomic mass is 19.1. The summed E-state index contributed by atoms with van der Waals surface area (Å²) in [6.07, 6.45) is 4.51. The van der Waals surface area contributed by atoms with Crippen LogP contribution in [0.25, 0.3) is 0 Å². The SMILES string of the molecule is CCCN1CCC(NC(=NCC)NC2CC2c2ccccc2F)CC1. The van der Waals surface area contributed by atoms with Crippen LogP contribution in [0.4, 0.5) is 4.39 Å². The normalized spacial score (nSPS) is 25.0. The highest BCUT2D eigenvalue weighted by Gasteiger charge is 2.40. The Morgan fingerprint density at radius 1 is 1.20 bits per heavy atom. The van der Waals surface area contributed by atoms with Gasteiger partial charge in [-0.3, -0.25) is 4.99 Å². The standard InChI is InChI=1S/C20H31FN4/c1-3-11-25-12-9-15(10-13-25)23-20(22-4-2)24-19-14-17(19)16-7-5-6-8-18(16)21/h5-8,15,17,19H,3-4,9-14H2,1-2H3,(H2,22,23,24). The van der Waals surface area contributed by atoms with Crippen LogP contribution in [0.2, 0.25) is 0 Å². The monoisotopic (exact) mass is 346 g/mol. The molecule has 2 aliphatic rings. The van der Waals surface area contributed by atoms with Crippen LogP contribution in [0.3, 0.4) is 0 Å². The van der Waals surface area contributed by atoms with Crippen LogP contribution >= 0.6 is 0 Å². The van der Waals surface area contributed by atoms with Gasteiger partial charge >= 0.3 is 0 Å². The van der Waals surface area contributed by atoms with Gasteiger partial charge in [-0.25, -0.2) is 4.39 Å². The molecule has 1 saturated carbocycles. The fourth-order valence-corrected chi connectivity index (χ4v) is 3.75. The first-order valence-corrected chi connectivity index (χ1v) is 9.75. The average Bonchev–Trinajstić information content (AvgIpc) is 3.36. The minimum atomic E-state index is -0.0953. The maximum absolute atomic E-state index is 13.9. The van der Waals surface area contributed by atoms with E-state index in [2.05, 4.69) is 34.4 Å². The van der Waals surface area contributed by atoms with E-state index in [1.807, 2.05) is 12.1 Å². The number of guanidine groups is 1. The van der Waals surface area contributed by atoms with Gasteiger partial charge in [0.25, 0.3) is 0 Å². The molecule has 1 saturated heterocycles. The van der Waals surface area contributed by atoms with Crippen LogP contribution in [0, 0.1) is 5.82 Å².